The summed E-state index contributed by atoms with van der Waals surface area (Å²) in [7, 11) is -4.24. The number of nitrogens with one attached hydrogen (secondary N) is 1. The normalized spacial score (nSPS) is 12.1. The molecule has 7 nitrogen and oxygen atoms in total. The molecule has 46 heavy (non-hydrogen) atoms. The Hall–Kier alpha value is -3.56. The molecule has 0 saturated carbocycles. The van der Waals surface area contributed by atoms with E-state index >= 15 is 0 Å². The summed E-state index contributed by atoms with van der Waals surface area (Å²) < 4.78 is 29.3. The number of aryl methyl sites for hydroxylation is 1. The Morgan fingerprint density at radius 1 is 0.804 bits per heavy atom. The number of hydrogen-bond acceptors (Lipinski definition) is 4. The Kier molecular flexibility index (Phi) is 12.1. The summed E-state index contributed by atoms with van der Waals surface area (Å²) in [6, 6.07) is 26.0. The van der Waals surface area contributed by atoms with Crippen molar-refractivity contribution in [1.82, 2.24) is 10.2 Å². The molecule has 11 heteroatoms. The molecule has 0 spiro atoms. The molecule has 4 aromatic rings. The van der Waals surface area contributed by atoms with Gasteiger partial charge in [0.15, 0.2) is 0 Å². The van der Waals surface area contributed by atoms with Crippen molar-refractivity contribution >= 4 is 62.3 Å². The Morgan fingerprint density at radius 3 is 2.13 bits per heavy atom. The fourth-order valence-electron chi connectivity index (χ4n) is 4.86. The summed E-state index contributed by atoms with van der Waals surface area (Å²) in [5.74, 6) is -0.763. The van der Waals surface area contributed by atoms with Crippen LogP contribution in [-0.2, 0) is 32.6 Å². The fraction of sp³-hybridized carbons (Fsp3) is 0.257. The molecule has 0 aliphatic heterocycles. The predicted octanol–water partition coefficient (Wildman–Crippen LogP) is 7.56. The summed E-state index contributed by atoms with van der Waals surface area (Å²) in [6.07, 6.45) is 0.201. The molecule has 2 amide bonds. The summed E-state index contributed by atoms with van der Waals surface area (Å²) >= 11 is 18.6. The zero-order chi connectivity index (χ0) is 33.4. The average Bonchev–Trinajstić information content (AvgIpc) is 3.02. The molecule has 1 atom stereocenters. The number of amides is 2. The van der Waals surface area contributed by atoms with Crippen LogP contribution in [0.2, 0.25) is 15.1 Å². The van der Waals surface area contributed by atoms with E-state index in [9.17, 15) is 18.0 Å². The highest BCUT2D eigenvalue weighted by Gasteiger charge is 2.34. The highest BCUT2D eigenvalue weighted by atomic mass is 35.5. The van der Waals surface area contributed by atoms with E-state index in [1.54, 1.807) is 36.4 Å². The molecular weight excluding hydrogens is 665 g/mol. The van der Waals surface area contributed by atoms with E-state index in [2.05, 4.69) is 5.32 Å². The van der Waals surface area contributed by atoms with Crippen LogP contribution in [0.4, 0.5) is 5.69 Å². The molecule has 0 fully saturated rings. The number of benzene rings is 4. The van der Waals surface area contributed by atoms with E-state index in [1.807, 2.05) is 57.2 Å². The maximum absolute atomic E-state index is 14.5. The lowest BCUT2D eigenvalue weighted by Gasteiger charge is -2.34. The number of carbonyl (C=O) groups is 2. The second-order valence-electron chi connectivity index (χ2n) is 11.4. The van der Waals surface area contributed by atoms with Crippen molar-refractivity contribution in [1.29, 1.82) is 0 Å². The Balaban J connectivity index is 1.81. The lowest BCUT2D eigenvalue weighted by Crippen LogP contribution is -2.53. The molecule has 0 bridgehead atoms. The van der Waals surface area contributed by atoms with Gasteiger partial charge in [-0.25, -0.2) is 8.42 Å². The molecular formula is C35H36Cl3N3O4S. The van der Waals surface area contributed by atoms with Crippen LogP contribution in [0.5, 0.6) is 0 Å². The zero-order valence-corrected chi connectivity index (χ0v) is 28.9. The van der Waals surface area contributed by atoms with Crippen LogP contribution in [-0.4, -0.2) is 44.3 Å². The van der Waals surface area contributed by atoms with Crippen molar-refractivity contribution in [2.75, 3.05) is 17.4 Å². The first-order chi connectivity index (χ1) is 21.8. The zero-order valence-electron chi connectivity index (χ0n) is 25.8. The van der Waals surface area contributed by atoms with E-state index in [0.717, 1.165) is 15.4 Å². The van der Waals surface area contributed by atoms with Gasteiger partial charge in [0, 0.05) is 24.5 Å². The molecule has 0 saturated heterocycles. The second kappa shape index (κ2) is 15.8. The predicted molar refractivity (Wildman–Crippen MR) is 186 cm³/mol. The number of carbonyl (C=O) groups excluding carboxylic acids is 2. The first-order valence-electron chi connectivity index (χ1n) is 14.7. The number of sulfonamides is 1. The number of anilines is 1. The Bertz CT molecular complexity index is 1770. The van der Waals surface area contributed by atoms with Crippen molar-refractivity contribution < 1.29 is 18.0 Å². The van der Waals surface area contributed by atoms with Crippen LogP contribution in [0, 0.1) is 12.8 Å². The van der Waals surface area contributed by atoms with Crippen LogP contribution in [0.3, 0.4) is 0 Å². The topological polar surface area (TPSA) is 86.8 Å². The molecule has 4 aromatic carbocycles. The third-order valence-corrected chi connectivity index (χ3v) is 10.0. The minimum Gasteiger partial charge on any atom is -0.354 e. The number of halogens is 3. The highest BCUT2D eigenvalue weighted by Crippen LogP contribution is 2.28. The van der Waals surface area contributed by atoms with Crippen molar-refractivity contribution in [3.8, 4) is 0 Å². The standard InChI is InChI=1S/C35H36Cl3N3O4S/c1-24(2)21-39-35(43)33(20-26-9-5-4-6-10-26)40(22-27-12-17-31(37)32(38)19-27)34(42)23-41(29-11-7-8-25(3)18-29)46(44,45)30-15-13-28(36)14-16-30/h4-19,24,33H,20-23H2,1-3H3,(H,39,43)/t33-/m0/s1. The number of hydrogen-bond donors (Lipinski definition) is 1. The van der Waals surface area contributed by atoms with Crippen LogP contribution < -0.4 is 9.62 Å². The van der Waals surface area contributed by atoms with E-state index in [1.165, 1.54) is 29.2 Å². The Morgan fingerprint density at radius 2 is 1.50 bits per heavy atom. The maximum atomic E-state index is 14.5. The van der Waals surface area contributed by atoms with Gasteiger partial charge in [0.25, 0.3) is 10.0 Å². The van der Waals surface area contributed by atoms with Gasteiger partial charge in [0.2, 0.25) is 11.8 Å². The van der Waals surface area contributed by atoms with Crippen LogP contribution in [0.15, 0.2) is 102 Å². The first-order valence-corrected chi connectivity index (χ1v) is 17.3. The van der Waals surface area contributed by atoms with E-state index in [-0.39, 0.29) is 29.7 Å². The van der Waals surface area contributed by atoms with E-state index in [4.69, 9.17) is 34.8 Å². The smallest absolute Gasteiger partial charge is 0.264 e. The molecule has 0 aromatic heterocycles. The van der Waals surface area contributed by atoms with Gasteiger partial charge in [-0.1, -0.05) is 97.2 Å². The van der Waals surface area contributed by atoms with Gasteiger partial charge in [-0.3, -0.25) is 13.9 Å². The maximum Gasteiger partial charge on any atom is 0.264 e. The molecule has 0 radical (unpaired) electrons. The van der Waals surface area contributed by atoms with Crippen LogP contribution in [0.25, 0.3) is 0 Å². The summed E-state index contributed by atoms with van der Waals surface area (Å²) in [4.78, 5) is 29.8. The number of rotatable bonds is 13. The molecule has 4 rings (SSSR count). The van der Waals surface area contributed by atoms with Crippen molar-refractivity contribution in [3.05, 3.63) is 129 Å². The van der Waals surface area contributed by atoms with Gasteiger partial charge in [0.05, 0.1) is 20.6 Å². The largest absolute Gasteiger partial charge is 0.354 e. The van der Waals surface area contributed by atoms with Gasteiger partial charge >= 0.3 is 0 Å². The summed E-state index contributed by atoms with van der Waals surface area (Å²) in [5, 5.41) is 3.99. The number of nitrogens with zero attached hydrogens (tertiary/aromatic N) is 2. The lowest BCUT2D eigenvalue weighted by molar-refractivity contribution is -0.140. The van der Waals surface area contributed by atoms with Gasteiger partial charge in [-0.2, -0.15) is 0 Å². The fourth-order valence-corrected chi connectivity index (χ4v) is 6.71. The van der Waals surface area contributed by atoms with Crippen molar-refractivity contribution in [2.45, 2.75) is 44.7 Å². The van der Waals surface area contributed by atoms with Crippen molar-refractivity contribution in [2.24, 2.45) is 5.92 Å². The van der Waals surface area contributed by atoms with Gasteiger partial charge in [-0.05, 0) is 78.1 Å². The quantitative estimate of drug-likeness (QED) is 0.156. The monoisotopic (exact) mass is 699 g/mol. The molecule has 1 N–H and O–H groups in total. The lowest BCUT2D eigenvalue weighted by atomic mass is 10.0. The third-order valence-electron chi connectivity index (χ3n) is 7.26. The molecule has 242 valence electrons. The minimum atomic E-state index is -4.24. The van der Waals surface area contributed by atoms with Gasteiger partial charge in [0.1, 0.15) is 12.6 Å². The van der Waals surface area contributed by atoms with E-state index < -0.39 is 28.5 Å². The average molecular weight is 701 g/mol. The summed E-state index contributed by atoms with van der Waals surface area (Å²) in [5.41, 5.74) is 2.58. The first kappa shape index (κ1) is 35.3. The van der Waals surface area contributed by atoms with Crippen molar-refractivity contribution in [3.63, 3.8) is 0 Å². The van der Waals surface area contributed by atoms with Crippen LogP contribution >= 0.6 is 34.8 Å². The Labute approximate surface area is 286 Å². The van der Waals surface area contributed by atoms with Gasteiger partial charge in [-0.15, -0.1) is 0 Å². The molecule has 0 unspecified atom stereocenters. The molecule has 0 aliphatic rings. The molecule has 0 aliphatic carbocycles. The minimum absolute atomic E-state index is 0.0228. The third kappa shape index (κ3) is 9.26. The van der Waals surface area contributed by atoms with Gasteiger partial charge < -0.3 is 10.2 Å². The summed E-state index contributed by atoms with van der Waals surface area (Å²) in [6.45, 7) is 5.60. The van der Waals surface area contributed by atoms with Crippen LogP contribution in [0.1, 0.15) is 30.5 Å². The highest BCUT2D eigenvalue weighted by molar-refractivity contribution is 7.92. The molecule has 0 heterocycles. The SMILES string of the molecule is Cc1cccc(N(CC(=O)N(Cc2ccc(Cl)c(Cl)c2)[C@@H](Cc2ccccc2)C(=O)NCC(C)C)S(=O)(=O)c2ccc(Cl)cc2)c1. The second-order valence-corrected chi connectivity index (χ2v) is 14.5. The van der Waals surface area contributed by atoms with E-state index in [0.29, 0.717) is 32.9 Å².